The quantitative estimate of drug-likeness (QED) is 0.0303. The third-order valence-electron chi connectivity index (χ3n) is 19.5. The van der Waals surface area contributed by atoms with Crippen molar-refractivity contribution in [1.29, 1.82) is 0 Å². The highest BCUT2D eigenvalue weighted by Gasteiger charge is 2.47. The fourth-order valence-electron chi connectivity index (χ4n) is 13.9. The average Bonchev–Trinajstić information content (AvgIpc) is 0.672. The summed E-state index contributed by atoms with van der Waals surface area (Å²) >= 11 is 0. The van der Waals surface area contributed by atoms with Crippen molar-refractivity contribution >= 4 is 23.9 Å². The minimum absolute atomic E-state index is 0.0192. The summed E-state index contributed by atoms with van der Waals surface area (Å²) in [6.45, 7) is -31.6. The largest absolute Gasteiger partial charge is 0.493 e. The number of hydrogen-bond donors (Lipinski definition) is 4. The van der Waals surface area contributed by atoms with Crippen molar-refractivity contribution in [3.05, 3.63) is 93.0 Å². The van der Waals surface area contributed by atoms with Crippen LogP contribution in [-0.4, -0.2) is 201 Å². The monoisotopic (exact) mass is 1740 g/mol. The number of esters is 4. The van der Waals surface area contributed by atoms with Crippen LogP contribution in [0.25, 0.3) is 0 Å². The van der Waals surface area contributed by atoms with Crippen molar-refractivity contribution in [2.75, 3.05) is 109 Å². The molecule has 672 valence electrons. The third-order valence-corrected chi connectivity index (χ3v) is 19.5. The van der Waals surface area contributed by atoms with Crippen molar-refractivity contribution < 1.29 is 161 Å². The molecule has 4 saturated heterocycles. The van der Waals surface area contributed by atoms with Gasteiger partial charge in [0.05, 0.1) is 77.3 Å². The molecule has 0 aromatic heterocycles. The first kappa shape index (κ1) is 42.2. The Morgan fingerprint density at radius 1 is 0.367 bits per heavy atom. The molecule has 13 unspecified atom stereocenters. The number of hydrogen-bond acceptors (Lipinski definition) is 24. The normalized spacial score (nSPS) is 44.0. The van der Waals surface area contributed by atoms with Gasteiger partial charge in [0, 0.05) is 190 Å². The van der Waals surface area contributed by atoms with Crippen LogP contribution in [0.15, 0.2) is 48.5 Å². The maximum absolute atomic E-state index is 13.6. The molecule has 24 heteroatoms. The molecule has 8 heterocycles. The number of carbonyl (C=O) groups excluding carboxylic acids is 4. The zero-order valence-corrected chi connectivity index (χ0v) is 69.4. The van der Waals surface area contributed by atoms with Gasteiger partial charge in [-0.3, -0.25) is 38.8 Å². The second-order valence-corrected chi connectivity index (χ2v) is 30.0. The van der Waals surface area contributed by atoms with E-state index < -0.39 is 326 Å². The molecule has 4 fully saturated rings. The number of carbonyl (C=O) groups is 4. The van der Waals surface area contributed by atoms with Gasteiger partial charge in [0.1, 0.15) is 48.5 Å². The molecule has 4 aromatic rings. The first-order valence-corrected chi connectivity index (χ1v) is 38.3. The molecule has 120 heavy (non-hydrogen) atoms. The Hall–Kier alpha value is -7.16. The zero-order chi connectivity index (χ0) is 142. The lowest BCUT2D eigenvalue weighted by atomic mass is 9.79. The molecule has 8 N–H and O–H groups in total. The third kappa shape index (κ3) is 23.8. The minimum Gasteiger partial charge on any atom is -0.493 e. The van der Waals surface area contributed by atoms with Gasteiger partial charge in [-0.2, -0.15) is 0 Å². The summed E-state index contributed by atoms with van der Waals surface area (Å²) in [6, 6.07) is -16.6. The van der Waals surface area contributed by atoms with E-state index in [2.05, 4.69) is 0 Å². The van der Waals surface area contributed by atoms with Crippen molar-refractivity contribution in [3.8, 4) is 46.0 Å². The highest BCUT2D eigenvalue weighted by atomic mass is 16.6. The molecule has 0 amide bonds. The van der Waals surface area contributed by atoms with Gasteiger partial charge in [-0.15, -0.1) is 0 Å². The van der Waals surface area contributed by atoms with Gasteiger partial charge in [0.25, 0.3) is 0 Å². The number of benzene rings is 4. The van der Waals surface area contributed by atoms with Crippen LogP contribution in [-0.2, 0) is 63.8 Å². The van der Waals surface area contributed by atoms with Gasteiger partial charge >= 0.3 is 23.9 Å². The van der Waals surface area contributed by atoms with Crippen LogP contribution >= 0.6 is 0 Å². The number of nitrogens with zero attached hydrogens (tertiary/aromatic N) is 4. The predicted octanol–water partition coefficient (Wildman–Crippen LogP) is 14.3. The molecule has 0 saturated carbocycles. The number of rotatable bonds is 28. The molecule has 0 spiro atoms. The fourth-order valence-corrected chi connectivity index (χ4v) is 13.9. The van der Waals surface area contributed by atoms with Crippen LogP contribution in [0.2, 0.25) is 0 Å². The second kappa shape index (κ2) is 43.9. The Kier molecular flexibility index (Phi) is 15.5. The SMILES string of the molecule is [2H]C([2H])([2H])C([2H])(C([2H])([2H])[2H])[C@]([2H])(N)C(=O)OC1C([2H])([2H])C2([2H])c3cc(OC)c(OC)cc3CCN2C([2H])([2H])C1([2H])CC(C)C.[2H]C([2H])([2H])Oc1cc2c(cc1OC)C1([2H])N(CC2)C([2H])([2H])C([2H])(CC(C)C)C(OC(=O)[C@@]([2H])(N)C([2H])(C([2H])([2H])[2H])C([2H])([2H])[2H])C1([2H])[2H].[2H]C([2H])([2H])Oc1cc2c(cc1OC)C1([2H])N(CC2)C([2H])([2H])C([2H])(CC(C)C)C(OC(=O)[C@@]([2H])(N)C([2H])(C([2H])([2H])[2H])C([2H])([2H])[2H])C1([2H])[2H].[2H]C1C2([2H])c3cc(OC)c(OC)cc3CCN2C([2H])([2H])C([2H])(CC(C)C)C1([2H])OC(=O)[C@@]([2H])(N)C([2H])(C([2H])([2H])[2H])C([2H])([2H])[2H]. The first-order valence-electron chi connectivity index (χ1n) is 69.3. The number of nitrogens with two attached hydrogens (primary N) is 4. The molecule has 0 radical (unpaired) electrons. The van der Waals surface area contributed by atoms with Gasteiger partial charge in [-0.05, 0) is 192 Å². The molecule has 4 aromatic carbocycles. The maximum Gasteiger partial charge on any atom is 0.323 e. The smallest absolute Gasteiger partial charge is 0.323 e. The molecule has 0 bridgehead atoms. The van der Waals surface area contributed by atoms with E-state index in [0.29, 0.717) is 11.1 Å². The lowest BCUT2D eigenvalue weighted by Crippen LogP contribution is -2.51. The molecule has 0 aliphatic carbocycles. The number of fused-ring (bicyclic) bond motifs is 12. The molecule has 8 aliphatic heterocycles. The molecule has 24 nitrogen and oxygen atoms in total. The van der Waals surface area contributed by atoms with E-state index in [1.54, 1.807) is 55.4 Å². The van der Waals surface area contributed by atoms with Crippen LogP contribution in [0.3, 0.4) is 0 Å². The van der Waals surface area contributed by atoms with E-state index in [-0.39, 0.29) is 118 Å². The van der Waals surface area contributed by atoms with Crippen molar-refractivity contribution in [1.82, 2.24) is 19.6 Å². The van der Waals surface area contributed by atoms with E-state index in [1.165, 1.54) is 64.8 Å². The van der Waals surface area contributed by atoms with E-state index >= 15 is 0 Å². The molecular weight excluding hydrogens is 1520 g/mol. The summed E-state index contributed by atoms with van der Waals surface area (Å²) in [4.78, 5) is 57.8. The van der Waals surface area contributed by atoms with Gasteiger partial charge in [-0.25, -0.2) is 0 Å². The average molecular weight is 1740 g/mol. The second-order valence-electron chi connectivity index (χ2n) is 30.0. The minimum atomic E-state index is -4.04. The van der Waals surface area contributed by atoms with Crippen LogP contribution in [0, 0.1) is 70.8 Å². The number of methoxy groups -OCH3 is 8. The summed E-state index contributed by atoms with van der Waals surface area (Å²) in [5, 5.41) is 0. The Labute approximate surface area is 805 Å². The number of ether oxygens (including phenoxy) is 12. The Morgan fingerprint density at radius 2 is 0.600 bits per heavy atom. The Morgan fingerprint density at radius 3 is 0.858 bits per heavy atom. The molecule has 12 rings (SSSR count). The Balaban J connectivity index is 0.000000265. The van der Waals surface area contributed by atoms with Crippen molar-refractivity contribution in [3.63, 3.8) is 0 Å². The van der Waals surface area contributed by atoms with Crippen LogP contribution in [0.1, 0.15) is 315 Å². The van der Waals surface area contributed by atoms with Crippen molar-refractivity contribution in [2.24, 2.45) is 93.8 Å². The summed E-state index contributed by atoms with van der Waals surface area (Å²) in [6.07, 6.45) is -25.4. The van der Waals surface area contributed by atoms with E-state index in [0.717, 1.165) is 46.0 Å². The van der Waals surface area contributed by atoms with Gasteiger partial charge < -0.3 is 79.8 Å². The van der Waals surface area contributed by atoms with Gasteiger partial charge in [0.15, 0.2) is 46.0 Å². The maximum atomic E-state index is 13.6. The molecule has 8 aliphatic rings. The first-order chi connectivity index (χ1) is 80.9. The summed E-state index contributed by atoms with van der Waals surface area (Å²) in [7, 11) is 1.78. The zero-order valence-electron chi connectivity index (χ0n) is 131. The highest BCUT2D eigenvalue weighted by molar-refractivity contribution is 5.77. The lowest BCUT2D eigenvalue weighted by Gasteiger charge is -2.47. The predicted molar refractivity (Wildman–Crippen MR) is 471 cm³/mol. The van der Waals surface area contributed by atoms with E-state index in [1.807, 2.05) is 0 Å². The summed E-state index contributed by atoms with van der Waals surface area (Å²) in [5.74, 6) is -38.8. The van der Waals surface area contributed by atoms with Crippen LogP contribution < -0.4 is 60.8 Å². The highest BCUT2D eigenvalue weighted by Crippen LogP contribution is 2.50. The van der Waals surface area contributed by atoms with E-state index in [4.69, 9.17) is 143 Å². The number of piperidine rings is 4. The van der Waals surface area contributed by atoms with Crippen LogP contribution in [0.5, 0.6) is 46.0 Å². The lowest BCUT2D eigenvalue weighted by molar-refractivity contribution is -0.161. The topological polar surface area (TPSA) is 296 Å². The Bertz CT molecular complexity index is 6660. The molecule has 17 atom stereocenters. The van der Waals surface area contributed by atoms with E-state index in [9.17, 15) is 41.1 Å². The summed E-state index contributed by atoms with van der Waals surface area (Å²) < 4.78 is 582. The standard InChI is InChI=1S/4C24H38N2O4/c4*1-14(2)9-17-13-26-8-7-16-10-21(28-5)22(29-6)11-18(16)19(26)12-20(17)30-24(27)23(25)15(3)4/h4*10-11,14-15,17,19-20,23H,7-9,12-13,25H2,1-6H3/t4*17?,19?,20?,23-/m0000/s1/i3D3,4D3,12D,13D2,15D,17D,19D,20D,23D;2*3D3,4D3,5D3,12D2,13D2,15D,17D,19D,23D;3D3,4D3,12D2,13D2,15D,17D,19D,23D/t12?,17?,19?,20?,23-;3m. The summed E-state index contributed by atoms with van der Waals surface area (Å²) in [5.41, 5.74) is 23.2. The molecular formula is C96H152N8O16. The van der Waals surface area contributed by atoms with Gasteiger partial charge in [-0.1, -0.05) is 110 Å². The fraction of sp³-hybridized carbons (Fsp3) is 0.708. The van der Waals surface area contributed by atoms with Crippen LogP contribution in [0.4, 0.5) is 0 Å². The van der Waals surface area contributed by atoms with Gasteiger partial charge in [0.2, 0.25) is 0 Å². The van der Waals surface area contributed by atoms with Crippen molar-refractivity contribution in [2.45, 2.75) is 260 Å².